The number of para-hydroxylation sites is 1. The van der Waals surface area contributed by atoms with Gasteiger partial charge in [0.15, 0.2) is 5.11 Å². The summed E-state index contributed by atoms with van der Waals surface area (Å²) in [5.41, 5.74) is 1.88. The average Bonchev–Trinajstić information content (AvgIpc) is 2.77. The Kier molecular flexibility index (Phi) is 17.0. The first-order valence-corrected chi connectivity index (χ1v) is 14.3. The molecule has 1 aromatic rings. The number of amides is 1. The lowest BCUT2D eigenvalue weighted by Gasteiger charge is -2.28. The number of hydrogen-bond acceptors (Lipinski definition) is 2. The van der Waals surface area contributed by atoms with E-state index in [9.17, 15) is 4.79 Å². The highest BCUT2D eigenvalue weighted by atomic mass is 35.6. The quantitative estimate of drug-likeness (QED) is 0.0787. The molecular formula is C26H42Cl3N3OS. The number of rotatable bonds is 17. The van der Waals surface area contributed by atoms with Gasteiger partial charge >= 0.3 is 0 Å². The number of carbonyl (C=O) groups excluding carboxylic acids is 1. The number of hydrogen-bond donors (Lipinski definition) is 3. The number of unbranched alkanes of at least 4 members (excludes halogenated alkanes) is 12. The zero-order chi connectivity index (χ0) is 25.2. The van der Waals surface area contributed by atoms with E-state index < -0.39 is 9.96 Å². The molecule has 34 heavy (non-hydrogen) atoms. The first-order valence-electron chi connectivity index (χ1n) is 12.7. The van der Waals surface area contributed by atoms with E-state index in [0.717, 1.165) is 30.5 Å². The van der Waals surface area contributed by atoms with Gasteiger partial charge in [-0.05, 0) is 37.2 Å². The molecule has 0 saturated carbocycles. The van der Waals surface area contributed by atoms with Crippen LogP contribution < -0.4 is 16.0 Å². The van der Waals surface area contributed by atoms with Crippen molar-refractivity contribution >= 4 is 63.7 Å². The molecule has 1 aromatic carbocycles. The highest BCUT2D eigenvalue weighted by Gasteiger charge is 2.34. The van der Waals surface area contributed by atoms with Crippen LogP contribution in [-0.2, 0) is 4.79 Å². The molecule has 1 atom stereocenters. The number of carbonyl (C=O) groups is 1. The number of anilines is 1. The van der Waals surface area contributed by atoms with Gasteiger partial charge in [0.25, 0.3) is 0 Å². The monoisotopic (exact) mass is 549 g/mol. The average molecular weight is 551 g/mol. The van der Waals surface area contributed by atoms with Crippen molar-refractivity contribution in [2.75, 3.05) is 5.32 Å². The summed E-state index contributed by atoms with van der Waals surface area (Å²) in [5, 5.41) is 9.01. The molecule has 0 heterocycles. The van der Waals surface area contributed by atoms with Crippen LogP contribution in [0.2, 0.25) is 0 Å². The molecule has 0 aliphatic carbocycles. The molecule has 0 aliphatic heterocycles. The maximum atomic E-state index is 12.4. The van der Waals surface area contributed by atoms with Gasteiger partial charge in [0.2, 0.25) is 9.70 Å². The third-order valence-corrected chi connectivity index (χ3v) is 6.68. The van der Waals surface area contributed by atoms with Gasteiger partial charge in [0, 0.05) is 12.1 Å². The van der Waals surface area contributed by atoms with Crippen LogP contribution in [0.25, 0.3) is 0 Å². The largest absolute Gasteiger partial charge is 0.339 e. The molecule has 3 N–H and O–H groups in total. The van der Waals surface area contributed by atoms with Crippen molar-refractivity contribution < 1.29 is 4.79 Å². The van der Waals surface area contributed by atoms with Crippen molar-refractivity contribution in [2.45, 2.75) is 114 Å². The summed E-state index contributed by atoms with van der Waals surface area (Å²) in [7, 11) is 0. The molecule has 4 nitrogen and oxygen atoms in total. The summed E-state index contributed by atoms with van der Waals surface area (Å²) in [6, 6.07) is 7.72. The van der Waals surface area contributed by atoms with Crippen molar-refractivity contribution in [3.63, 3.8) is 0 Å². The maximum absolute atomic E-state index is 12.4. The Balaban J connectivity index is 2.19. The van der Waals surface area contributed by atoms with E-state index in [2.05, 4.69) is 22.9 Å². The van der Waals surface area contributed by atoms with Crippen LogP contribution in [0.15, 0.2) is 24.3 Å². The number of halogens is 3. The molecule has 0 unspecified atom stereocenters. The van der Waals surface area contributed by atoms with E-state index >= 15 is 0 Å². The predicted molar refractivity (Wildman–Crippen MR) is 153 cm³/mol. The van der Waals surface area contributed by atoms with Crippen LogP contribution in [0, 0.1) is 6.92 Å². The van der Waals surface area contributed by atoms with Crippen LogP contribution in [0.3, 0.4) is 0 Å². The Morgan fingerprint density at radius 3 is 1.85 bits per heavy atom. The van der Waals surface area contributed by atoms with Crippen LogP contribution in [0.5, 0.6) is 0 Å². The van der Waals surface area contributed by atoms with Gasteiger partial charge in [-0.1, -0.05) is 137 Å². The van der Waals surface area contributed by atoms with E-state index in [1.54, 1.807) is 0 Å². The van der Waals surface area contributed by atoms with Crippen molar-refractivity contribution in [1.29, 1.82) is 0 Å². The van der Waals surface area contributed by atoms with Gasteiger partial charge in [-0.3, -0.25) is 4.79 Å². The number of benzene rings is 1. The first kappa shape index (κ1) is 31.3. The van der Waals surface area contributed by atoms with Gasteiger partial charge in [-0.25, -0.2) is 0 Å². The molecule has 8 heteroatoms. The van der Waals surface area contributed by atoms with E-state index in [1.165, 1.54) is 64.2 Å². The minimum absolute atomic E-state index is 0.161. The SMILES string of the molecule is CCCCCCCCCCCCCCCC(=O)N[C@H](NC(=S)Nc1ccccc1C)C(Cl)(Cl)Cl. The molecule has 0 aliphatic rings. The van der Waals surface area contributed by atoms with Crippen LogP contribution in [0.4, 0.5) is 5.69 Å². The Labute approximate surface area is 227 Å². The van der Waals surface area contributed by atoms with Crippen molar-refractivity contribution in [3.8, 4) is 0 Å². The van der Waals surface area contributed by atoms with E-state index in [4.69, 9.17) is 47.0 Å². The molecule has 194 valence electrons. The molecule has 0 saturated heterocycles. The Morgan fingerprint density at radius 1 is 0.853 bits per heavy atom. The lowest BCUT2D eigenvalue weighted by molar-refractivity contribution is -0.122. The van der Waals surface area contributed by atoms with Gasteiger partial charge in [-0.2, -0.15) is 0 Å². The molecule has 0 aromatic heterocycles. The second kappa shape index (κ2) is 18.5. The lowest BCUT2D eigenvalue weighted by Crippen LogP contribution is -2.56. The number of aryl methyl sites for hydroxylation is 1. The van der Waals surface area contributed by atoms with Crippen LogP contribution >= 0.6 is 47.0 Å². The fourth-order valence-electron chi connectivity index (χ4n) is 3.74. The highest BCUT2D eigenvalue weighted by Crippen LogP contribution is 2.29. The third-order valence-electron chi connectivity index (χ3n) is 5.81. The van der Waals surface area contributed by atoms with Gasteiger partial charge < -0.3 is 16.0 Å². The summed E-state index contributed by atoms with van der Waals surface area (Å²) in [6.07, 6.45) is 15.9. The van der Waals surface area contributed by atoms with Crippen molar-refractivity contribution in [3.05, 3.63) is 29.8 Å². The Hall–Kier alpha value is -0.750. The second-order valence-electron chi connectivity index (χ2n) is 8.95. The number of nitrogens with one attached hydrogen (secondary N) is 3. The lowest BCUT2D eigenvalue weighted by atomic mass is 10.0. The normalized spacial score (nSPS) is 12.3. The molecule has 1 amide bonds. The van der Waals surface area contributed by atoms with Crippen LogP contribution in [0.1, 0.15) is 102 Å². The maximum Gasteiger partial charge on any atom is 0.228 e. The van der Waals surface area contributed by atoms with E-state index in [0.29, 0.717) is 6.42 Å². The zero-order valence-electron chi connectivity index (χ0n) is 20.7. The van der Waals surface area contributed by atoms with E-state index in [-0.39, 0.29) is 11.0 Å². The summed E-state index contributed by atoms with van der Waals surface area (Å²) >= 11 is 23.6. The fraction of sp³-hybridized carbons (Fsp3) is 0.692. The second-order valence-corrected chi connectivity index (χ2v) is 11.7. The summed E-state index contributed by atoms with van der Waals surface area (Å²) in [5.74, 6) is -0.161. The van der Waals surface area contributed by atoms with Crippen molar-refractivity contribution in [2.24, 2.45) is 0 Å². The minimum Gasteiger partial charge on any atom is -0.339 e. The Bertz CT molecular complexity index is 713. The van der Waals surface area contributed by atoms with Gasteiger partial charge in [0.05, 0.1) is 0 Å². The van der Waals surface area contributed by atoms with Gasteiger partial charge in [-0.15, -0.1) is 0 Å². The molecule has 0 radical (unpaired) electrons. The zero-order valence-corrected chi connectivity index (χ0v) is 23.8. The number of alkyl halides is 3. The van der Waals surface area contributed by atoms with Gasteiger partial charge in [0.1, 0.15) is 6.17 Å². The van der Waals surface area contributed by atoms with Crippen LogP contribution in [-0.4, -0.2) is 21.0 Å². The number of thiocarbonyl (C=S) groups is 1. The molecular weight excluding hydrogens is 509 g/mol. The molecule has 0 bridgehead atoms. The fourth-order valence-corrected chi connectivity index (χ4v) is 4.29. The first-order chi connectivity index (χ1) is 16.2. The van der Waals surface area contributed by atoms with E-state index in [1.807, 2.05) is 31.2 Å². The van der Waals surface area contributed by atoms with Crippen molar-refractivity contribution in [1.82, 2.24) is 10.6 Å². The summed E-state index contributed by atoms with van der Waals surface area (Å²) in [6.45, 7) is 4.22. The summed E-state index contributed by atoms with van der Waals surface area (Å²) < 4.78 is -1.75. The molecule has 0 spiro atoms. The Morgan fingerprint density at radius 2 is 1.35 bits per heavy atom. The predicted octanol–water partition coefficient (Wildman–Crippen LogP) is 8.58. The standard InChI is InChI=1S/C26H42Cl3N3OS/c1-3-4-5-6-7-8-9-10-11-12-13-14-15-20-23(33)31-24(26(27,28)29)32-25(34)30-22-19-17-16-18-21(22)2/h16-19,24H,3-15,20H2,1-2H3,(H,31,33)(H2,30,32,34)/t24-/m1/s1. The molecule has 0 fully saturated rings. The highest BCUT2D eigenvalue weighted by molar-refractivity contribution is 7.80. The minimum atomic E-state index is -1.75. The summed E-state index contributed by atoms with van der Waals surface area (Å²) in [4.78, 5) is 12.4. The smallest absolute Gasteiger partial charge is 0.228 e. The third kappa shape index (κ3) is 15.3. The topological polar surface area (TPSA) is 53.2 Å². The molecule has 1 rings (SSSR count).